The fourth-order valence-electron chi connectivity index (χ4n) is 2.88. The second-order valence-corrected chi connectivity index (χ2v) is 6.31. The third-order valence-corrected chi connectivity index (χ3v) is 4.43. The summed E-state index contributed by atoms with van der Waals surface area (Å²) in [7, 11) is 5.70. The van der Waals surface area contributed by atoms with Gasteiger partial charge >= 0.3 is 0 Å². The predicted octanol–water partition coefficient (Wildman–Crippen LogP) is 2.77. The van der Waals surface area contributed by atoms with Crippen LogP contribution in [0.25, 0.3) is 0 Å². The Labute approximate surface area is 127 Å². The number of hydrogen-bond donors (Lipinski definition) is 1. The maximum absolute atomic E-state index is 5.80. The lowest BCUT2D eigenvalue weighted by atomic mass is 9.64. The van der Waals surface area contributed by atoms with Crippen LogP contribution in [0.4, 0.5) is 11.4 Å². The van der Waals surface area contributed by atoms with Crippen molar-refractivity contribution in [3.63, 3.8) is 0 Å². The number of nitrogens with zero attached hydrogens (tertiary/aromatic N) is 2. The highest BCUT2D eigenvalue weighted by molar-refractivity contribution is 5.74. The molecule has 21 heavy (non-hydrogen) atoms. The second kappa shape index (κ2) is 6.10. The molecule has 5 nitrogen and oxygen atoms in total. The summed E-state index contributed by atoms with van der Waals surface area (Å²) in [6.07, 6.45) is 3.09. The highest BCUT2D eigenvalue weighted by Gasteiger charge is 2.49. The van der Waals surface area contributed by atoms with E-state index in [-0.39, 0.29) is 5.41 Å². The zero-order valence-electron chi connectivity index (χ0n) is 13.9. The van der Waals surface area contributed by atoms with Gasteiger partial charge in [-0.05, 0) is 19.4 Å². The molecule has 0 spiro atoms. The first-order valence-electron chi connectivity index (χ1n) is 7.50. The number of pyridine rings is 1. The normalized spacial score (nSPS) is 23.3. The van der Waals surface area contributed by atoms with Gasteiger partial charge in [-0.1, -0.05) is 13.8 Å². The minimum Gasteiger partial charge on any atom is -0.479 e. The van der Waals surface area contributed by atoms with E-state index in [2.05, 4.69) is 29.0 Å². The highest BCUT2D eigenvalue weighted by Crippen LogP contribution is 2.46. The lowest BCUT2D eigenvalue weighted by Gasteiger charge is -2.52. The lowest BCUT2D eigenvalue weighted by molar-refractivity contribution is -0.0976. The van der Waals surface area contributed by atoms with Gasteiger partial charge in [0.15, 0.2) is 0 Å². The smallest absolute Gasteiger partial charge is 0.239 e. The number of ether oxygens (including phenoxy) is 2. The van der Waals surface area contributed by atoms with E-state index < -0.39 is 0 Å². The predicted molar refractivity (Wildman–Crippen MR) is 86.3 cm³/mol. The zero-order valence-corrected chi connectivity index (χ0v) is 13.9. The summed E-state index contributed by atoms with van der Waals surface area (Å²) in [5, 5.41) is 3.62. The molecule has 0 aromatic carbocycles. The van der Waals surface area contributed by atoms with Gasteiger partial charge in [-0.25, -0.2) is 4.98 Å². The summed E-state index contributed by atoms with van der Waals surface area (Å²) >= 11 is 0. The summed E-state index contributed by atoms with van der Waals surface area (Å²) in [6, 6.07) is 2.35. The maximum atomic E-state index is 5.80. The van der Waals surface area contributed by atoms with Crippen LogP contribution < -0.4 is 15.0 Å². The number of methoxy groups -OCH3 is 1. The van der Waals surface area contributed by atoms with Crippen molar-refractivity contribution in [3.05, 3.63) is 12.3 Å². The third-order valence-electron chi connectivity index (χ3n) is 4.43. The first-order chi connectivity index (χ1) is 9.91. The molecule has 1 N–H and O–H groups in total. The van der Waals surface area contributed by atoms with Crippen LogP contribution in [-0.2, 0) is 4.74 Å². The first kappa shape index (κ1) is 15.9. The summed E-state index contributed by atoms with van der Waals surface area (Å²) in [6.45, 7) is 7.30. The molecule has 0 aliphatic heterocycles. The Morgan fingerprint density at radius 3 is 2.67 bits per heavy atom. The van der Waals surface area contributed by atoms with Crippen molar-refractivity contribution < 1.29 is 9.47 Å². The molecule has 2 atom stereocenters. The Balaban J connectivity index is 2.21. The molecule has 1 heterocycles. The van der Waals surface area contributed by atoms with Crippen LogP contribution in [0.2, 0.25) is 0 Å². The van der Waals surface area contributed by atoms with E-state index >= 15 is 0 Å². The van der Waals surface area contributed by atoms with E-state index in [1.807, 2.05) is 27.1 Å². The average molecular weight is 293 g/mol. The molecule has 5 heteroatoms. The van der Waals surface area contributed by atoms with Crippen LogP contribution in [0.3, 0.4) is 0 Å². The van der Waals surface area contributed by atoms with E-state index in [4.69, 9.17) is 9.47 Å². The molecule has 2 rings (SSSR count). The molecule has 0 radical (unpaired) electrons. The van der Waals surface area contributed by atoms with Gasteiger partial charge in [-0.15, -0.1) is 0 Å². The summed E-state index contributed by atoms with van der Waals surface area (Å²) in [5.41, 5.74) is 2.14. The number of aromatic nitrogens is 1. The first-order valence-corrected chi connectivity index (χ1v) is 7.50. The molecule has 2 unspecified atom stereocenters. The van der Waals surface area contributed by atoms with Crippen LogP contribution >= 0.6 is 0 Å². The van der Waals surface area contributed by atoms with Crippen molar-refractivity contribution in [2.24, 2.45) is 5.41 Å². The lowest BCUT2D eigenvalue weighted by Crippen LogP contribution is -2.58. The molecular formula is C16H27N3O2. The fourth-order valence-corrected chi connectivity index (χ4v) is 2.88. The molecule has 1 aromatic heterocycles. The summed E-state index contributed by atoms with van der Waals surface area (Å²) in [4.78, 5) is 6.38. The Hall–Kier alpha value is -1.49. The maximum Gasteiger partial charge on any atom is 0.239 e. The Morgan fingerprint density at radius 2 is 2.14 bits per heavy atom. The molecule has 118 valence electrons. The van der Waals surface area contributed by atoms with Crippen LogP contribution in [0.15, 0.2) is 12.3 Å². The van der Waals surface area contributed by atoms with Crippen molar-refractivity contribution in [3.8, 4) is 5.88 Å². The average Bonchev–Trinajstić information content (AvgIpc) is 2.45. The van der Waals surface area contributed by atoms with Gasteiger partial charge in [0, 0.05) is 38.4 Å². The van der Waals surface area contributed by atoms with Crippen molar-refractivity contribution in [1.82, 2.24) is 4.98 Å². The van der Waals surface area contributed by atoms with Crippen LogP contribution in [0.1, 0.15) is 27.2 Å². The zero-order chi connectivity index (χ0) is 15.6. The SMILES string of the molecule is CCOC1CC(Nc2c(N(C)C)ccnc2OC)C1(C)C. The van der Waals surface area contributed by atoms with Crippen molar-refractivity contribution in [2.75, 3.05) is 38.0 Å². The van der Waals surface area contributed by atoms with Crippen molar-refractivity contribution in [2.45, 2.75) is 39.3 Å². The number of hydrogen-bond acceptors (Lipinski definition) is 5. The minimum absolute atomic E-state index is 0.0977. The van der Waals surface area contributed by atoms with Crippen molar-refractivity contribution >= 4 is 11.4 Å². The van der Waals surface area contributed by atoms with Gasteiger partial charge in [0.25, 0.3) is 0 Å². The van der Waals surface area contributed by atoms with E-state index in [0.29, 0.717) is 18.0 Å². The van der Waals surface area contributed by atoms with Crippen LogP contribution in [0, 0.1) is 5.41 Å². The standard InChI is InChI=1S/C16H27N3O2/c1-7-21-13-10-12(16(13,2)3)18-14-11(19(4)5)8-9-17-15(14)20-6/h8-9,12-13,18H,7,10H2,1-6H3. The van der Waals surface area contributed by atoms with E-state index in [1.54, 1.807) is 13.3 Å². The molecule has 1 aliphatic rings. The highest BCUT2D eigenvalue weighted by atomic mass is 16.5. The minimum atomic E-state index is 0.0977. The number of anilines is 2. The van der Waals surface area contributed by atoms with Gasteiger partial charge in [0.2, 0.25) is 5.88 Å². The van der Waals surface area contributed by atoms with E-state index in [9.17, 15) is 0 Å². The van der Waals surface area contributed by atoms with Gasteiger partial charge in [-0.3, -0.25) is 0 Å². The van der Waals surface area contributed by atoms with Gasteiger partial charge in [0.05, 0.1) is 18.9 Å². The van der Waals surface area contributed by atoms with Gasteiger partial charge < -0.3 is 19.7 Å². The molecule has 1 aromatic rings. The quantitative estimate of drug-likeness (QED) is 0.874. The molecule has 0 bridgehead atoms. The monoisotopic (exact) mass is 293 g/mol. The molecule has 1 saturated carbocycles. The molecule has 1 aliphatic carbocycles. The second-order valence-electron chi connectivity index (χ2n) is 6.31. The van der Waals surface area contributed by atoms with Gasteiger partial charge in [-0.2, -0.15) is 0 Å². The summed E-state index contributed by atoms with van der Waals surface area (Å²) < 4.78 is 11.2. The number of nitrogens with one attached hydrogen (secondary N) is 1. The summed E-state index contributed by atoms with van der Waals surface area (Å²) in [5.74, 6) is 0.636. The Kier molecular flexibility index (Phi) is 4.61. The topological polar surface area (TPSA) is 46.6 Å². The largest absolute Gasteiger partial charge is 0.479 e. The third kappa shape index (κ3) is 2.93. The Morgan fingerprint density at radius 1 is 1.43 bits per heavy atom. The fraction of sp³-hybridized carbons (Fsp3) is 0.688. The number of rotatable bonds is 6. The molecule has 0 saturated heterocycles. The molecule has 0 amide bonds. The van der Waals surface area contributed by atoms with E-state index in [0.717, 1.165) is 24.4 Å². The van der Waals surface area contributed by atoms with Crippen LogP contribution in [-0.4, -0.2) is 44.9 Å². The van der Waals surface area contributed by atoms with Gasteiger partial charge in [0.1, 0.15) is 5.69 Å². The molecular weight excluding hydrogens is 266 g/mol. The Bertz CT molecular complexity index is 488. The molecule has 1 fully saturated rings. The van der Waals surface area contributed by atoms with Crippen LogP contribution in [0.5, 0.6) is 5.88 Å². The van der Waals surface area contributed by atoms with E-state index in [1.165, 1.54) is 0 Å². The van der Waals surface area contributed by atoms with Crippen molar-refractivity contribution in [1.29, 1.82) is 0 Å².